The maximum atomic E-state index is 6.10. The van der Waals surface area contributed by atoms with Crippen molar-refractivity contribution in [2.45, 2.75) is 45.6 Å². The Balaban J connectivity index is 0.00000200. The summed E-state index contributed by atoms with van der Waals surface area (Å²) in [5.41, 5.74) is 2.53. The third-order valence-electron chi connectivity index (χ3n) is 3.52. The standard InChI is InChI=1S/C16H23ClN2.ClH/c1-3-5-14(18-8-4-2)9-12-11-19-16-7-6-13(17)10-15(12)16;/h6-7,10-11,14,18-19H,3-5,8-9H2,1-2H3;1H. The van der Waals surface area contributed by atoms with Crippen molar-refractivity contribution in [3.63, 3.8) is 0 Å². The molecule has 0 aliphatic heterocycles. The number of hydrogen-bond donors (Lipinski definition) is 2. The van der Waals surface area contributed by atoms with Gasteiger partial charge in [0.1, 0.15) is 0 Å². The van der Waals surface area contributed by atoms with Crippen LogP contribution in [0, 0.1) is 0 Å². The molecule has 2 nitrogen and oxygen atoms in total. The molecule has 0 aliphatic rings. The topological polar surface area (TPSA) is 27.8 Å². The van der Waals surface area contributed by atoms with Crippen molar-refractivity contribution >= 4 is 34.9 Å². The van der Waals surface area contributed by atoms with Crippen LogP contribution in [-0.2, 0) is 6.42 Å². The summed E-state index contributed by atoms with van der Waals surface area (Å²) < 4.78 is 0. The highest BCUT2D eigenvalue weighted by atomic mass is 35.5. The minimum absolute atomic E-state index is 0. The predicted molar refractivity (Wildman–Crippen MR) is 91.3 cm³/mol. The molecule has 1 unspecified atom stereocenters. The third kappa shape index (κ3) is 4.41. The Morgan fingerprint density at radius 2 is 2.05 bits per heavy atom. The van der Waals surface area contributed by atoms with Crippen LogP contribution in [0.2, 0.25) is 5.02 Å². The van der Waals surface area contributed by atoms with Gasteiger partial charge in [0.05, 0.1) is 0 Å². The number of fused-ring (bicyclic) bond motifs is 1. The summed E-state index contributed by atoms with van der Waals surface area (Å²) in [4.78, 5) is 3.33. The van der Waals surface area contributed by atoms with E-state index in [1.165, 1.54) is 35.7 Å². The molecule has 112 valence electrons. The van der Waals surface area contributed by atoms with Gasteiger partial charge in [0, 0.05) is 28.2 Å². The van der Waals surface area contributed by atoms with Crippen molar-refractivity contribution in [1.29, 1.82) is 0 Å². The molecule has 1 aromatic carbocycles. The molecule has 2 rings (SSSR count). The zero-order chi connectivity index (χ0) is 13.7. The van der Waals surface area contributed by atoms with Crippen molar-refractivity contribution in [3.8, 4) is 0 Å². The van der Waals surface area contributed by atoms with Gasteiger partial charge in [-0.1, -0.05) is 31.9 Å². The predicted octanol–water partition coefficient (Wildman–Crippen LogP) is 4.95. The van der Waals surface area contributed by atoms with Crippen molar-refractivity contribution in [1.82, 2.24) is 10.3 Å². The molecule has 0 saturated carbocycles. The van der Waals surface area contributed by atoms with E-state index >= 15 is 0 Å². The fourth-order valence-electron chi connectivity index (χ4n) is 2.56. The molecule has 0 fully saturated rings. The van der Waals surface area contributed by atoms with Gasteiger partial charge >= 0.3 is 0 Å². The Hall–Kier alpha value is -0.700. The average Bonchev–Trinajstić information content (AvgIpc) is 2.79. The fourth-order valence-corrected chi connectivity index (χ4v) is 2.73. The molecule has 0 amide bonds. The first-order valence-electron chi connectivity index (χ1n) is 7.23. The first kappa shape index (κ1) is 17.4. The van der Waals surface area contributed by atoms with Gasteiger partial charge in [-0.2, -0.15) is 0 Å². The molecule has 20 heavy (non-hydrogen) atoms. The second-order valence-electron chi connectivity index (χ2n) is 5.15. The summed E-state index contributed by atoms with van der Waals surface area (Å²) >= 11 is 6.10. The van der Waals surface area contributed by atoms with Gasteiger partial charge in [-0.3, -0.25) is 0 Å². The lowest BCUT2D eigenvalue weighted by atomic mass is 10.0. The zero-order valence-corrected chi connectivity index (χ0v) is 13.8. The highest BCUT2D eigenvalue weighted by Gasteiger charge is 2.11. The van der Waals surface area contributed by atoms with Crippen molar-refractivity contribution < 1.29 is 0 Å². The molecule has 2 aromatic rings. The Bertz CT molecular complexity index is 522. The molecule has 0 radical (unpaired) electrons. The van der Waals surface area contributed by atoms with Gasteiger partial charge in [0.25, 0.3) is 0 Å². The number of halogens is 2. The summed E-state index contributed by atoms with van der Waals surface area (Å²) in [6.07, 6.45) is 6.79. The number of H-pyrrole nitrogens is 1. The van der Waals surface area contributed by atoms with E-state index in [9.17, 15) is 0 Å². The largest absolute Gasteiger partial charge is 0.361 e. The van der Waals surface area contributed by atoms with Crippen LogP contribution in [0.15, 0.2) is 24.4 Å². The number of nitrogens with one attached hydrogen (secondary N) is 2. The van der Waals surface area contributed by atoms with Gasteiger partial charge in [-0.05, 0) is 49.6 Å². The van der Waals surface area contributed by atoms with E-state index in [0.29, 0.717) is 6.04 Å². The van der Waals surface area contributed by atoms with Gasteiger partial charge < -0.3 is 10.3 Å². The highest BCUT2D eigenvalue weighted by molar-refractivity contribution is 6.31. The molecule has 0 aliphatic carbocycles. The first-order valence-corrected chi connectivity index (χ1v) is 7.61. The first-order chi connectivity index (χ1) is 9.24. The SMILES string of the molecule is CCCNC(CCC)Cc1c[nH]c2ccc(Cl)cc12.Cl. The Labute approximate surface area is 132 Å². The third-order valence-corrected chi connectivity index (χ3v) is 3.75. The fraction of sp³-hybridized carbons (Fsp3) is 0.500. The maximum Gasteiger partial charge on any atom is 0.0457 e. The minimum atomic E-state index is 0. The van der Waals surface area contributed by atoms with Crippen LogP contribution in [0.25, 0.3) is 10.9 Å². The number of aromatic nitrogens is 1. The van der Waals surface area contributed by atoms with Gasteiger partial charge in [-0.25, -0.2) is 0 Å². The van der Waals surface area contributed by atoms with E-state index < -0.39 is 0 Å². The van der Waals surface area contributed by atoms with Crippen LogP contribution < -0.4 is 5.32 Å². The van der Waals surface area contributed by atoms with Crippen molar-refractivity contribution in [3.05, 3.63) is 35.0 Å². The number of aromatic amines is 1. The van der Waals surface area contributed by atoms with Crippen LogP contribution in [-0.4, -0.2) is 17.6 Å². The normalized spacial score (nSPS) is 12.3. The van der Waals surface area contributed by atoms with Gasteiger partial charge in [0.15, 0.2) is 0 Å². The molecule has 0 bridgehead atoms. The van der Waals surface area contributed by atoms with Crippen LogP contribution >= 0.6 is 24.0 Å². The van der Waals surface area contributed by atoms with Gasteiger partial charge in [-0.15, -0.1) is 12.4 Å². The van der Waals surface area contributed by atoms with Crippen LogP contribution in [0.4, 0.5) is 0 Å². The smallest absolute Gasteiger partial charge is 0.0457 e. The summed E-state index contributed by atoms with van der Waals surface area (Å²) in [5.74, 6) is 0. The van der Waals surface area contributed by atoms with E-state index in [1.807, 2.05) is 6.07 Å². The zero-order valence-electron chi connectivity index (χ0n) is 12.2. The Morgan fingerprint density at radius 3 is 2.75 bits per heavy atom. The minimum Gasteiger partial charge on any atom is -0.361 e. The molecular formula is C16H24Cl2N2. The monoisotopic (exact) mass is 314 g/mol. The quantitative estimate of drug-likeness (QED) is 0.743. The lowest BCUT2D eigenvalue weighted by molar-refractivity contribution is 0.474. The summed E-state index contributed by atoms with van der Waals surface area (Å²) in [6.45, 7) is 5.54. The molecule has 1 aromatic heterocycles. The second-order valence-corrected chi connectivity index (χ2v) is 5.58. The number of benzene rings is 1. The van der Waals surface area contributed by atoms with Crippen LogP contribution in [0.3, 0.4) is 0 Å². The molecule has 1 heterocycles. The van der Waals surface area contributed by atoms with E-state index in [1.54, 1.807) is 0 Å². The lowest BCUT2D eigenvalue weighted by Crippen LogP contribution is -2.31. The maximum absolute atomic E-state index is 6.10. The summed E-state index contributed by atoms with van der Waals surface area (Å²) in [7, 11) is 0. The molecular weight excluding hydrogens is 291 g/mol. The van der Waals surface area contributed by atoms with Crippen molar-refractivity contribution in [2.75, 3.05) is 6.54 Å². The van der Waals surface area contributed by atoms with Crippen LogP contribution in [0.5, 0.6) is 0 Å². The molecule has 0 spiro atoms. The molecule has 2 N–H and O–H groups in total. The average molecular weight is 315 g/mol. The molecule has 0 saturated heterocycles. The molecule has 1 atom stereocenters. The lowest BCUT2D eigenvalue weighted by Gasteiger charge is -2.17. The summed E-state index contributed by atoms with van der Waals surface area (Å²) in [5, 5.41) is 5.70. The Kier molecular flexibility index (Phi) is 7.42. The Morgan fingerprint density at radius 1 is 1.25 bits per heavy atom. The second kappa shape index (κ2) is 8.56. The van der Waals surface area contributed by atoms with Crippen LogP contribution in [0.1, 0.15) is 38.7 Å². The van der Waals surface area contributed by atoms with E-state index in [4.69, 9.17) is 11.6 Å². The number of rotatable bonds is 7. The van der Waals surface area contributed by atoms with E-state index in [0.717, 1.165) is 18.0 Å². The highest BCUT2D eigenvalue weighted by Crippen LogP contribution is 2.23. The van der Waals surface area contributed by atoms with Crippen molar-refractivity contribution in [2.24, 2.45) is 0 Å². The summed E-state index contributed by atoms with van der Waals surface area (Å²) in [6, 6.07) is 6.60. The van der Waals surface area contributed by atoms with Gasteiger partial charge in [0.2, 0.25) is 0 Å². The van der Waals surface area contributed by atoms with E-state index in [2.05, 4.69) is 42.5 Å². The number of hydrogen-bond acceptors (Lipinski definition) is 1. The van der Waals surface area contributed by atoms with E-state index in [-0.39, 0.29) is 12.4 Å². The molecule has 4 heteroatoms.